The molecule has 1 aromatic heterocycles. The van der Waals surface area contributed by atoms with E-state index in [9.17, 15) is 4.79 Å². The Morgan fingerprint density at radius 2 is 2.00 bits per heavy atom. The number of hydrogen-bond donors (Lipinski definition) is 3. The van der Waals surface area contributed by atoms with E-state index in [0.717, 1.165) is 31.9 Å². The van der Waals surface area contributed by atoms with E-state index in [2.05, 4.69) is 62.6 Å². The van der Waals surface area contributed by atoms with E-state index in [1.165, 1.54) is 0 Å². The fraction of sp³-hybridized carbons (Fsp3) is 0.545. The van der Waals surface area contributed by atoms with E-state index < -0.39 is 0 Å². The van der Waals surface area contributed by atoms with Crippen LogP contribution in [0.1, 0.15) is 20.8 Å². The standard InChI is InChI=1S/C22H30N8O/c1-22(2,3)17-13-25-20(31)16-10-14-11-26-21(28-19(14)30(16)17)27-18-5-4-15(12-24-18)29-8-6-23-7-9-29/h4-5,10-12,14,17,19,23H,6-9,13H2,1-3H3,(H,25,31)(H,24,27,28)/t14?,17-,19?/m1/s1. The number of aromatic nitrogens is 1. The van der Waals surface area contributed by atoms with Gasteiger partial charge in [0.25, 0.3) is 5.91 Å². The summed E-state index contributed by atoms with van der Waals surface area (Å²) < 4.78 is 0. The number of carbonyl (C=O) groups excluding carboxylic acids is 1. The molecule has 0 radical (unpaired) electrons. The predicted octanol–water partition coefficient (Wildman–Crippen LogP) is 1.03. The summed E-state index contributed by atoms with van der Waals surface area (Å²) in [7, 11) is 0. The number of pyridine rings is 1. The van der Waals surface area contributed by atoms with E-state index in [-0.39, 0.29) is 29.4 Å². The normalized spacial score (nSPS) is 27.8. The van der Waals surface area contributed by atoms with Crippen LogP contribution in [0.5, 0.6) is 0 Å². The number of nitrogens with one attached hydrogen (secondary N) is 3. The summed E-state index contributed by atoms with van der Waals surface area (Å²) >= 11 is 0. The second-order valence-electron chi connectivity index (χ2n) is 9.54. The third-order valence-corrected chi connectivity index (χ3v) is 6.38. The number of guanidine groups is 1. The van der Waals surface area contributed by atoms with Gasteiger partial charge >= 0.3 is 0 Å². The molecule has 2 fully saturated rings. The van der Waals surface area contributed by atoms with Gasteiger partial charge in [-0.2, -0.15) is 0 Å². The molecule has 0 spiro atoms. The second kappa shape index (κ2) is 7.64. The molecule has 1 aromatic rings. The number of fused-ring (bicyclic) bond motifs is 3. The van der Waals surface area contributed by atoms with Crippen molar-refractivity contribution in [3.05, 3.63) is 30.1 Å². The SMILES string of the molecule is CC(C)(C)[C@H]1CNC(=O)C2=CC3C=NC(Nc4ccc(N5CCNCC5)cn4)=NC3N21. The molecule has 9 nitrogen and oxygen atoms in total. The summed E-state index contributed by atoms with van der Waals surface area (Å²) in [5.41, 5.74) is 1.83. The molecule has 4 aliphatic rings. The van der Waals surface area contributed by atoms with Crippen LogP contribution in [0.15, 0.2) is 40.1 Å². The lowest BCUT2D eigenvalue weighted by atomic mass is 9.84. The molecule has 3 N–H and O–H groups in total. The van der Waals surface area contributed by atoms with Crippen molar-refractivity contribution in [2.24, 2.45) is 21.3 Å². The molecule has 2 unspecified atom stereocenters. The summed E-state index contributed by atoms with van der Waals surface area (Å²) in [5.74, 6) is 1.20. The van der Waals surface area contributed by atoms with Crippen LogP contribution >= 0.6 is 0 Å². The van der Waals surface area contributed by atoms with Gasteiger partial charge in [-0.15, -0.1) is 0 Å². The van der Waals surface area contributed by atoms with Gasteiger partial charge in [-0.05, 0) is 23.6 Å². The predicted molar refractivity (Wildman–Crippen MR) is 122 cm³/mol. The molecule has 3 atom stereocenters. The fourth-order valence-electron chi connectivity index (χ4n) is 4.66. The highest BCUT2D eigenvalue weighted by molar-refractivity contribution is 6.01. The van der Waals surface area contributed by atoms with Crippen molar-refractivity contribution in [3.8, 4) is 0 Å². The Kier molecular flexibility index (Phi) is 4.92. The average molecular weight is 423 g/mol. The van der Waals surface area contributed by atoms with Crippen LogP contribution in [0, 0.1) is 11.3 Å². The quantitative estimate of drug-likeness (QED) is 0.659. The molecule has 5 rings (SSSR count). The maximum absolute atomic E-state index is 12.5. The van der Waals surface area contributed by atoms with Crippen LogP contribution < -0.4 is 20.9 Å². The second-order valence-corrected chi connectivity index (χ2v) is 9.54. The number of anilines is 2. The summed E-state index contributed by atoms with van der Waals surface area (Å²) in [4.78, 5) is 30.9. The molecule has 2 saturated heterocycles. The number of aliphatic imine (C=N–C) groups is 2. The molecule has 0 bridgehead atoms. The summed E-state index contributed by atoms with van der Waals surface area (Å²) in [6.07, 6.45) is 5.60. The van der Waals surface area contributed by atoms with Gasteiger partial charge in [0.2, 0.25) is 5.96 Å². The molecular formula is C22H30N8O. The van der Waals surface area contributed by atoms with Crippen LogP contribution in [0.25, 0.3) is 0 Å². The maximum atomic E-state index is 12.5. The van der Waals surface area contributed by atoms with Crippen molar-refractivity contribution in [1.29, 1.82) is 0 Å². The first-order chi connectivity index (χ1) is 14.9. The largest absolute Gasteiger partial charge is 0.368 e. The van der Waals surface area contributed by atoms with Crippen LogP contribution in [-0.4, -0.2) is 72.9 Å². The minimum Gasteiger partial charge on any atom is -0.368 e. The molecule has 31 heavy (non-hydrogen) atoms. The van der Waals surface area contributed by atoms with Crippen LogP contribution in [0.2, 0.25) is 0 Å². The first-order valence-corrected chi connectivity index (χ1v) is 11.0. The van der Waals surface area contributed by atoms with Crippen molar-refractivity contribution >= 4 is 29.6 Å². The summed E-state index contributed by atoms with van der Waals surface area (Å²) in [6, 6.07) is 4.21. The van der Waals surface area contributed by atoms with Crippen molar-refractivity contribution in [2.45, 2.75) is 33.0 Å². The molecule has 164 valence electrons. The fourth-order valence-corrected chi connectivity index (χ4v) is 4.66. The zero-order valence-electron chi connectivity index (χ0n) is 18.3. The molecule has 9 heteroatoms. The van der Waals surface area contributed by atoms with Gasteiger partial charge in [-0.1, -0.05) is 20.8 Å². The summed E-state index contributed by atoms with van der Waals surface area (Å²) in [5, 5.41) is 9.64. The zero-order valence-corrected chi connectivity index (χ0v) is 18.3. The van der Waals surface area contributed by atoms with Gasteiger partial charge in [0.1, 0.15) is 17.7 Å². The van der Waals surface area contributed by atoms with E-state index in [4.69, 9.17) is 4.99 Å². The Labute approximate surface area is 182 Å². The van der Waals surface area contributed by atoms with Gasteiger partial charge in [0.15, 0.2) is 0 Å². The Bertz CT molecular complexity index is 939. The van der Waals surface area contributed by atoms with Crippen LogP contribution in [0.4, 0.5) is 11.5 Å². The van der Waals surface area contributed by atoms with Crippen molar-refractivity contribution in [1.82, 2.24) is 20.5 Å². The minimum absolute atomic E-state index is 0.000735. The van der Waals surface area contributed by atoms with Gasteiger partial charge in [-0.3, -0.25) is 4.79 Å². The minimum atomic E-state index is -0.162. The summed E-state index contributed by atoms with van der Waals surface area (Å²) in [6.45, 7) is 11.2. The number of amides is 1. The van der Waals surface area contributed by atoms with Gasteiger partial charge < -0.3 is 25.8 Å². The lowest BCUT2D eigenvalue weighted by Gasteiger charge is -2.46. The monoisotopic (exact) mass is 422 g/mol. The zero-order chi connectivity index (χ0) is 21.6. The number of piperazine rings is 2. The molecule has 5 heterocycles. The van der Waals surface area contributed by atoms with Gasteiger partial charge in [-0.25, -0.2) is 15.0 Å². The van der Waals surface area contributed by atoms with Crippen molar-refractivity contribution < 1.29 is 4.79 Å². The van der Waals surface area contributed by atoms with E-state index in [1.54, 1.807) is 0 Å². The smallest absolute Gasteiger partial charge is 0.267 e. The molecule has 1 amide bonds. The van der Waals surface area contributed by atoms with E-state index >= 15 is 0 Å². The van der Waals surface area contributed by atoms with Gasteiger partial charge in [0, 0.05) is 38.9 Å². The highest BCUT2D eigenvalue weighted by Crippen LogP contribution is 2.38. The van der Waals surface area contributed by atoms with Crippen LogP contribution in [0.3, 0.4) is 0 Å². The number of nitrogens with zero attached hydrogens (tertiary/aromatic N) is 5. The number of hydrogen-bond acceptors (Lipinski definition) is 8. The third kappa shape index (κ3) is 3.78. The maximum Gasteiger partial charge on any atom is 0.267 e. The van der Waals surface area contributed by atoms with Gasteiger partial charge in [0.05, 0.1) is 23.8 Å². The third-order valence-electron chi connectivity index (χ3n) is 6.38. The molecular weight excluding hydrogens is 392 g/mol. The van der Waals surface area contributed by atoms with E-state index in [0.29, 0.717) is 24.0 Å². The number of rotatable bonds is 2. The lowest BCUT2D eigenvalue weighted by molar-refractivity contribution is -0.122. The number of carbonyl (C=O) groups is 1. The molecule has 0 aliphatic carbocycles. The molecule has 0 saturated carbocycles. The molecule has 4 aliphatic heterocycles. The highest BCUT2D eigenvalue weighted by atomic mass is 16.2. The molecule has 0 aromatic carbocycles. The topological polar surface area (TPSA) is 97.2 Å². The van der Waals surface area contributed by atoms with Crippen molar-refractivity contribution in [2.75, 3.05) is 42.9 Å². The Morgan fingerprint density at radius 3 is 2.71 bits per heavy atom. The Morgan fingerprint density at radius 1 is 1.19 bits per heavy atom. The first-order valence-electron chi connectivity index (χ1n) is 11.0. The highest BCUT2D eigenvalue weighted by Gasteiger charge is 2.47. The Hall–Kier alpha value is -2.94. The lowest BCUT2D eigenvalue weighted by Crippen LogP contribution is -2.59. The Balaban J connectivity index is 1.33. The van der Waals surface area contributed by atoms with E-state index in [1.807, 2.05) is 24.6 Å². The average Bonchev–Trinajstić information content (AvgIpc) is 3.14. The van der Waals surface area contributed by atoms with Crippen molar-refractivity contribution in [3.63, 3.8) is 0 Å². The first kappa shape index (κ1) is 20.0. The van der Waals surface area contributed by atoms with Crippen LogP contribution in [-0.2, 0) is 4.79 Å².